The highest BCUT2D eigenvalue weighted by Crippen LogP contribution is 2.24. The van der Waals surface area contributed by atoms with Crippen LogP contribution in [0.5, 0.6) is 0 Å². The molecule has 0 fully saturated rings. The van der Waals surface area contributed by atoms with E-state index < -0.39 is 22.0 Å². The Bertz CT molecular complexity index is 977. The summed E-state index contributed by atoms with van der Waals surface area (Å²) in [6, 6.07) is 11.7. The van der Waals surface area contributed by atoms with E-state index in [9.17, 15) is 18.0 Å². The van der Waals surface area contributed by atoms with Gasteiger partial charge in [0.05, 0.1) is 23.2 Å². The number of carbonyl (C=O) groups is 2. The van der Waals surface area contributed by atoms with E-state index in [1.165, 1.54) is 19.1 Å². The third-order valence-electron chi connectivity index (χ3n) is 4.13. The van der Waals surface area contributed by atoms with E-state index in [1.54, 1.807) is 36.4 Å². The van der Waals surface area contributed by atoms with Crippen molar-refractivity contribution in [3.8, 4) is 0 Å². The molecule has 0 aliphatic heterocycles. The SMILES string of the molecule is CCCNC(=O)c1ccccc1NC(=O)[C@@H](C)N(c1ccc(Cl)cc1)S(C)(=O)=O. The Hall–Kier alpha value is -2.58. The summed E-state index contributed by atoms with van der Waals surface area (Å²) >= 11 is 5.88. The van der Waals surface area contributed by atoms with Crippen LogP contribution in [0.3, 0.4) is 0 Å². The second kappa shape index (κ2) is 9.76. The minimum atomic E-state index is -3.76. The van der Waals surface area contributed by atoms with Crippen LogP contribution in [0.15, 0.2) is 48.5 Å². The Balaban J connectivity index is 2.29. The van der Waals surface area contributed by atoms with Crippen LogP contribution in [-0.2, 0) is 14.8 Å². The zero-order valence-corrected chi connectivity index (χ0v) is 18.0. The van der Waals surface area contributed by atoms with Gasteiger partial charge in [0, 0.05) is 11.6 Å². The average molecular weight is 438 g/mol. The lowest BCUT2D eigenvalue weighted by Gasteiger charge is -2.28. The van der Waals surface area contributed by atoms with Crippen LogP contribution in [0, 0.1) is 0 Å². The van der Waals surface area contributed by atoms with Crippen LogP contribution < -0.4 is 14.9 Å². The highest BCUT2D eigenvalue weighted by atomic mass is 35.5. The summed E-state index contributed by atoms with van der Waals surface area (Å²) in [5.74, 6) is -0.880. The van der Waals surface area contributed by atoms with Gasteiger partial charge in [-0.25, -0.2) is 8.42 Å². The minimum Gasteiger partial charge on any atom is -0.352 e. The van der Waals surface area contributed by atoms with Gasteiger partial charge in [0.2, 0.25) is 15.9 Å². The first-order chi connectivity index (χ1) is 13.6. The van der Waals surface area contributed by atoms with Crippen LogP contribution in [0.25, 0.3) is 0 Å². The van der Waals surface area contributed by atoms with Crippen molar-refractivity contribution in [2.45, 2.75) is 26.3 Å². The number of anilines is 2. The number of sulfonamides is 1. The van der Waals surface area contributed by atoms with Crippen molar-refractivity contribution >= 4 is 44.8 Å². The van der Waals surface area contributed by atoms with E-state index in [1.807, 2.05) is 6.92 Å². The first kappa shape index (κ1) is 22.7. The smallest absolute Gasteiger partial charge is 0.253 e. The molecule has 0 bridgehead atoms. The van der Waals surface area contributed by atoms with Crippen molar-refractivity contribution in [2.24, 2.45) is 0 Å². The topological polar surface area (TPSA) is 95.6 Å². The molecular weight excluding hydrogens is 414 g/mol. The normalized spacial score (nSPS) is 12.1. The highest BCUT2D eigenvalue weighted by Gasteiger charge is 2.29. The lowest BCUT2D eigenvalue weighted by atomic mass is 10.1. The van der Waals surface area contributed by atoms with Crippen molar-refractivity contribution in [3.63, 3.8) is 0 Å². The maximum atomic E-state index is 12.9. The Morgan fingerprint density at radius 1 is 1.10 bits per heavy atom. The number of amides is 2. The number of hydrogen-bond donors (Lipinski definition) is 2. The zero-order chi connectivity index (χ0) is 21.6. The van der Waals surface area contributed by atoms with E-state index in [4.69, 9.17) is 11.6 Å². The molecular formula is C20H24ClN3O4S. The number of nitrogens with one attached hydrogen (secondary N) is 2. The summed E-state index contributed by atoms with van der Waals surface area (Å²) in [5, 5.41) is 5.88. The van der Waals surface area contributed by atoms with Crippen LogP contribution in [0.1, 0.15) is 30.6 Å². The van der Waals surface area contributed by atoms with Gasteiger partial charge in [-0.15, -0.1) is 0 Å². The molecule has 156 valence electrons. The second-order valence-corrected chi connectivity index (χ2v) is 8.80. The fourth-order valence-corrected chi connectivity index (χ4v) is 4.06. The molecule has 1 atom stereocenters. The molecule has 0 spiro atoms. The molecule has 2 N–H and O–H groups in total. The van der Waals surface area contributed by atoms with Crippen molar-refractivity contribution in [3.05, 3.63) is 59.1 Å². The largest absolute Gasteiger partial charge is 0.352 e. The molecule has 2 amide bonds. The lowest BCUT2D eigenvalue weighted by Crippen LogP contribution is -2.45. The van der Waals surface area contributed by atoms with E-state index >= 15 is 0 Å². The molecule has 0 saturated carbocycles. The Labute approximate surface area is 176 Å². The summed E-state index contributed by atoms with van der Waals surface area (Å²) in [4.78, 5) is 25.2. The van der Waals surface area contributed by atoms with Crippen LogP contribution >= 0.6 is 11.6 Å². The maximum Gasteiger partial charge on any atom is 0.253 e. The molecule has 2 rings (SSSR count). The number of hydrogen-bond acceptors (Lipinski definition) is 4. The zero-order valence-electron chi connectivity index (χ0n) is 16.5. The molecule has 7 nitrogen and oxygen atoms in total. The van der Waals surface area contributed by atoms with E-state index in [0.29, 0.717) is 28.5 Å². The lowest BCUT2D eigenvalue weighted by molar-refractivity contribution is -0.116. The molecule has 0 radical (unpaired) electrons. The number of para-hydroxylation sites is 1. The van der Waals surface area contributed by atoms with Crippen LogP contribution in [0.4, 0.5) is 11.4 Å². The molecule has 0 aliphatic carbocycles. The monoisotopic (exact) mass is 437 g/mol. The van der Waals surface area contributed by atoms with Crippen LogP contribution in [-0.4, -0.2) is 39.1 Å². The standard InChI is InChI=1S/C20H24ClN3O4S/c1-4-13-22-20(26)17-7-5-6-8-18(17)23-19(25)14(2)24(29(3,27)28)16-11-9-15(21)10-12-16/h5-12,14H,4,13H2,1-3H3,(H,22,26)(H,23,25)/t14-/m1/s1. The summed E-state index contributed by atoms with van der Waals surface area (Å²) in [6.45, 7) is 3.92. The molecule has 0 unspecified atom stereocenters. The molecule has 0 aliphatic rings. The van der Waals surface area contributed by atoms with Gasteiger partial charge < -0.3 is 10.6 Å². The Morgan fingerprint density at radius 3 is 2.31 bits per heavy atom. The average Bonchev–Trinajstić information content (AvgIpc) is 2.67. The molecule has 9 heteroatoms. The van der Waals surface area contributed by atoms with Crippen molar-refractivity contribution in [2.75, 3.05) is 22.4 Å². The minimum absolute atomic E-state index is 0.305. The number of carbonyl (C=O) groups excluding carboxylic acids is 2. The quantitative estimate of drug-likeness (QED) is 0.662. The third kappa shape index (κ3) is 5.95. The second-order valence-electron chi connectivity index (χ2n) is 6.50. The predicted molar refractivity (Wildman–Crippen MR) is 116 cm³/mol. The van der Waals surface area contributed by atoms with Crippen LogP contribution in [0.2, 0.25) is 5.02 Å². The van der Waals surface area contributed by atoms with Gasteiger partial charge in [-0.1, -0.05) is 30.7 Å². The van der Waals surface area contributed by atoms with Crippen molar-refractivity contribution in [1.29, 1.82) is 0 Å². The Kier molecular flexibility index (Phi) is 7.64. The van der Waals surface area contributed by atoms with Gasteiger partial charge in [-0.05, 0) is 49.7 Å². The highest BCUT2D eigenvalue weighted by molar-refractivity contribution is 7.92. The summed E-state index contributed by atoms with van der Waals surface area (Å²) in [6.07, 6.45) is 1.80. The van der Waals surface area contributed by atoms with Gasteiger partial charge in [0.1, 0.15) is 6.04 Å². The number of halogens is 1. The number of benzene rings is 2. The summed E-state index contributed by atoms with van der Waals surface area (Å²) in [7, 11) is -3.76. The first-order valence-corrected chi connectivity index (χ1v) is 11.3. The molecule has 0 aromatic heterocycles. The predicted octanol–water partition coefficient (Wildman–Crippen LogP) is 3.27. The molecule has 0 heterocycles. The van der Waals surface area contributed by atoms with Gasteiger partial charge >= 0.3 is 0 Å². The Morgan fingerprint density at radius 2 is 1.72 bits per heavy atom. The van der Waals surface area contributed by atoms with Gasteiger partial charge in [0.25, 0.3) is 5.91 Å². The first-order valence-electron chi connectivity index (χ1n) is 9.08. The van der Waals surface area contributed by atoms with E-state index in [-0.39, 0.29) is 5.91 Å². The van der Waals surface area contributed by atoms with E-state index in [0.717, 1.165) is 17.0 Å². The van der Waals surface area contributed by atoms with Gasteiger partial charge in [-0.2, -0.15) is 0 Å². The number of rotatable bonds is 8. The fourth-order valence-electron chi connectivity index (χ4n) is 2.76. The number of nitrogens with zero attached hydrogens (tertiary/aromatic N) is 1. The maximum absolute atomic E-state index is 12.9. The summed E-state index contributed by atoms with van der Waals surface area (Å²) < 4.78 is 25.7. The van der Waals surface area contributed by atoms with Gasteiger partial charge in [-0.3, -0.25) is 13.9 Å². The van der Waals surface area contributed by atoms with Crippen molar-refractivity contribution in [1.82, 2.24) is 5.32 Å². The third-order valence-corrected chi connectivity index (χ3v) is 5.63. The molecule has 2 aromatic carbocycles. The molecule has 0 saturated heterocycles. The van der Waals surface area contributed by atoms with Gasteiger partial charge in [0.15, 0.2) is 0 Å². The fraction of sp³-hybridized carbons (Fsp3) is 0.300. The van der Waals surface area contributed by atoms with E-state index in [2.05, 4.69) is 10.6 Å². The molecule has 29 heavy (non-hydrogen) atoms. The molecule has 2 aromatic rings. The summed E-state index contributed by atoms with van der Waals surface area (Å²) in [5.41, 5.74) is 0.926. The van der Waals surface area contributed by atoms with Crippen molar-refractivity contribution < 1.29 is 18.0 Å².